The van der Waals surface area contributed by atoms with Crippen molar-refractivity contribution in [2.75, 3.05) is 13.7 Å². The highest BCUT2D eigenvalue weighted by Crippen LogP contribution is 2.17. The van der Waals surface area contributed by atoms with Crippen molar-refractivity contribution in [3.63, 3.8) is 0 Å². The second kappa shape index (κ2) is 7.13. The minimum atomic E-state index is 0.113. The van der Waals surface area contributed by atoms with E-state index in [9.17, 15) is 4.79 Å². The molecule has 6 heteroatoms. The molecule has 1 aliphatic heterocycles. The van der Waals surface area contributed by atoms with Crippen LogP contribution in [0.3, 0.4) is 0 Å². The Morgan fingerprint density at radius 2 is 2.08 bits per heavy atom. The van der Waals surface area contributed by atoms with Crippen molar-refractivity contribution in [2.45, 2.75) is 45.9 Å². The molecule has 0 bridgehead atoms. The first-order chi connectivity index (χ1) is 11.6. The predicted molar refractivity (Wildman–Crippen MR) is 90.5 cm³/mol. The number of methoxy groups -OCH3 is 1. The molecule has 0 fully saturated rings. The van der Waals surface area contributed by atoms with Crippen LogP contribution in [0, 0.1) is 6.92 Å². The van der Waals surface area contributed by atoms with Crippen molar-refractivity contribution in [3.8, 4) is 0 Å². The lowest BCUT2D eigenvalue weighted by Gasteiger charge is -2.27. The predicted octanol–water partition coefficient (Wildman–Crippen LogP) is 1.75. The van der Waals surface area contributed by atoms with Gasteiger partial charge in [-0.05, 0) is 25.0 Å². The SMILES string of the molecule is COCc1nnc2n1CCN(C(=O)Cc1ccccc1C)[C@H](C)C2. The Hall–Kier alpha value is -2.21. The van der Waals surface area contributed by atoms with Crippen LogP contribution >= 0.6 is 0 Å². The maximum atomic E-state index is 12.8. The monoisotopic (exact) mass is 328 g/mol. The van der Waals surface area contributed by atoms with E-state index in [1.165, 1.54) is 0 Å². The average Bonchev–Trinajstić information content (AvgIpc) is 2.83. The molecule has 0 saturated heterocycles. The van der Waals surface area contributed by atoms with Gasteiger partial charge in [0.15, 0.2) is 5.82 Å². The summed E-state index contributed by atoms with van der Waals surface area (Å²) in [7, 11) is 1.65. The van der Waals surface area contributed by atoms with Gasteiger partial charge in [-0.15, -0.1) is 10.2 Å². The molecule has 0 N–H and O–H groups in total. The molecule has 1 aromatic carbocycles. The number of hydrogen-bond acceptors (Lipinski definition) is 4. The van der Waals surface area contributed by atoms with Gasteiger partial charge in [0.25, 0.3) is 0 Å². The average molecular weight is 328 g/mol. The Morgan fingerprint density at radius 1 is 1.29 bits per heavy atom. The van der Waals surface area contributed by atoms with Gasteiger partial charge in [-0.3, -0.25) is 4.79 Å². The van der Waals surface area contributed by atoms with Crippen LogP contribution in [0.2, 0.25) is 0 Å². The van der Waals surface area contributed by atoms with Crippen molar-refractivity contribution in [3.05, 3.63) is 47.0 Å². The van der Waals surface area contributed by atoms with Crippen LogP contribution in [0.15, 0.2) is 24.3 Å². The van der Waals surface area contributed by atoms with E-state index in [-0.39, 0.29) is 11.9 Å². The van der Waals surface area contributed by atoms with Gasteiger partial charge in [0.1, 0.15) is 12.4 Å². The number of ether oxygens (including phenoxy) is 1. The summed E-state index contributed by atoms with van der Waals surface area (Å²) < 4.78 is 7.27. The van der Waals surface area contributed by atoms with Gasteiger partial charge in [-0.2, -0.15) is 0 Å². The lowest BCUT2D eigenvalue weighted by molar-refractivity contribution is -0.132. The molecule has 1 atom stereocenters. The number of hydrogen-bond donors (Lipinski definition) is 0. The van der Waals surface area contributed by atoms with Crippen LogP contribution in [0.4, 0.5) is 0 Å². The van der Waals surface area contributed by atoms with Crippen molar-refractivity contribution >= 4 is 5.91 Å². The van der Waals surface area contributed by atoms with E-state index in [0.717, 1.165) is 29.2 Å². The van der Waals surface area contributed by atoms with Crippen LogP contribution in [0.1, 0.15) is 29.7 Å². The van der Waals surface area contributed by atoms with Crippen molar-refractivity contribution in [2.24, 2.45) is 0 Å². The van der Waals surface area contributed by atoms with Crippen molar-refractivity contribution in [1.82, 2.24) is 19.7 Å². The number of carbonyl (C=O) groups is 1. The zero-order chi connectivity index (χ0) is 17.1. The Kier molecular flexibility index (Phi) is 4.94. The smallest absolute Gasteiger partial charge is 0.227 e. The van der Waals surface area contributed by atoms with Crippen LogP contribution in [-0.4, -0.2) is 45.3 Å². The van der Waals surface area contributed by atoms with Crippen LogP contribution in [0.5, 0.6) is 0 Å². The van der Waals surface area contributed by atoms with Crippen LogP contribution in [-0.2, 0) is 35.5 Å². The maximum Gasteiger partial charge on any atom is 0.227 e. The molecular weight excluding hydrogens is 304 g/mol. The molecule has 0 saturated carbocycles. The molecule has 0 radical (unpaired) electrons. The summed E-state index contributed by atoms with van der Waals surface area (Å²) in [6.07, 6.45) is 1.17. The maximum absolute atomic E-state index is 12.8. The molecule has 0 unspecified atom stereocenters. The summed E-state index contributed by atoms with van der Waals surface area (Å²) in [6, 6.07) is 8.18. The second-order valence-electron chi connectivity index (χ2n) is 6.36. The van der Waals surface area contributed by atoms with Gasteiger partial charge >= 0.3 is 0 Å². The topological polar surface area (TPSA) is 60.3 Å². The normalized spacial score (nSPS) is 17.5. The fourth-order valence-electron chi connectivity index (χ4n) is 3.26. The minimum Gasteiger partial charge on any atom is -0.377 e. The quantitative estimate of drug-likeness (QED) is 0.858. The van der Waals surface area contributed by atoms with Gasteiger partial charge in [0.2, 0.25) is 5.91 Å². The Morgan fingerprint density at radius 3 is 2.83 bits per heavy atom. The third-order valence-corrected chi connectivity index (χ3v) is 4.68. The lowest BCUT2D eigenvalue weighted by Crippen LogP contribution is -2.41. The highest BCUT2D eigenvalue weighted by Gasteiger charge is 2.27. The summed E-state index contributed by atoms with van der Waals surface area (Å²) in [5.74, 6) is 1.93. The zero-order valence-electron chi connectivity index (χ0n) is 14.5. The highest BCUT2D eigenvalue weighted by molar-refractivity contribution is 5.79. The number of aryl methyl sites for hydroxylation is 1. The van der Waals surface area contributed by atoms with E-state index >= 15 is 0 Å². The zero-order valence-corrected chi connectivity index (χ0v) is 14.5. The second-order valence-corrected chi connectivity index (χ2v) is 6.36. The first-order valence-electron chi connectivity index (χ1n) is 8.34. The van der Waals surface area contributed by atoms with Crippen LogP contribution in [0.25, 0.3) is 0 Å². The van der Waals surface area contributed by atoms with Crippen molar-refractivity contribution in [1.29, 1.82) is 0 Å². The standard InChI is InChI=1S/C18H24N4O2/c1-13-6-4-5-7-15(13)11-18(23)21-8-9-22-16(10-14(21)2)19-20-17(22)12-24-3/h4-7,14H,8-12H2,1-3H3/t14-/m1/s1. The molecular formula is C18H24N4O2. The molecule has 24 heavy (non-hydrogen) atoms. The minimum absolute atomic E-state index is 0.113. The third kappa shape index (κ3) is 3.33. The molecule has 1 aliphatic rings. The number of aromatic nitrogens is 3. The molecule has 1 amide bonds. The van der Waals surface area contributed by atoms with Gasteiger partial charge < -0.3 is 14.2 Å². The summed E-state index contributed by atoms with van der Waals surface area (Å²) in [6.45, 7) is 5.96. The number of carbonyl (C=O) groups excluding carboxylic acids is 1. The molecule has 0 spiro atoms. The van der Waals surface area contributed by atoms with E-state index in [1.54, 1.807) is 7.11 Å². The fourth-order valence-corrected chi connectivity index (χ4v) is 3.26. The summed E-state index contributed by atoms with van der Waals surface area (Å²) in [5, 5.41) is 8.47. The Labute approximate surface area is 142 Å². The molecule has 2 heterocycles. The summed E-state index contributed by atoms with van der Waals surface area (Å²) in [4.78, 5) is 14.8. The molecule has 0 aliphatic carbocycles. The van der Waals surface area contributed by atoms with E-state index in [0.29, 0.717) is 26.1 Å². The van der Waals surface area contributed by atoms with Crippen molar-refractivity contribution < 1.29 is 9.53 Å². The van der Waals surface area contributed by atoms with Gasteiger partial charge in [0, 0.05) is 32.7 Å². The van der Waals surface area contributed by atoms with E-state index in [2.05, 4.69) is 21.7 Å². The molecule has 6 nitrogen and oxygen atoms in total. The van der Waals surface area contributed by atoms with Gasteiger partial charge in [-0.1, -0.05) is 24.3 Å². The first kappa shape index (κ1) is 16.6. The number of fused-ring (bicyclic) bond motifs is 1. The number of benzene rings is 1. The van der Waals surface area contributed by atoms with E-state index in [4.69, 9.17) is 4.74 Å². The summed E-state index contributed by atoms with van der Waals surface area (Å²) in [5.41, 5.74) is 2.26. The lowest BCUT2D eigenvalue weighted by atomic mass is 10.0. The largest absolute Gasteiger partial charge is 0.377 e. The molecule has 2 aromatic rings. The number of rotatable bonds is 4. The van der Waals surface area contributed by atoms with Gasteiger partial charge in [-0.25, -0.2) is 0 Å². The Balaban J connectivity index is 1.74. The van der Waals surface area contributed by atoms with E-state index < -0.39 is 0 Å². The molecule has 128 valence electrons. The first-order valence-corrected chi connectivity index (χ1v) is 8.34. The third-order valence-electron chi connectivity index (χ3n) is 4.68. The van der Waals surface area contributed by atoms with Crippen LogP contribution < -0.4 is 0 Å². The molecule has 1 aromatic heterocycles. The highest BCUT2D eigenvalue weighted by atomic mass is 16.5. The fraction of sp³-hybridized carbons (Fsp3) is 0.500. The molecule has 3 rings (SSSR count). The number of nitrogens with zero attached hydrogens (tertiary/aromatic N) is 4. The Bertz CT molecular complexity index is 726. The van der Waals surface area contributed by atoms with E-state index in [1.807, 2.05) is 36.1 Å². The van der Waals surface area contributed by atoms with Gasteiger partial charge in [0.05, 0.1) is 6.42 Å². The summed E-state index contributed by atoms with van der Waals surface area (Å²) >= 11 is 0. The number of amides is 1.